The van der Waals surface area contributed by atoms with Gasteiger partial charge >= 0.3 is 12.0 Å². The molecule has 120 valence electrons. The van der Waals surface area contributed by atoms with Crippen LogP contribution in [0.2, 0.25) is 0 Å². The number of carbonyl (C=O) groups excluding carboxylic acids is 2. The van der Waals surface area contributed by atoms with Crippen LogP contribution in [0.1, 0.15) is 32.1 Å². The Kier molecular flexibility index (Phi) is 7.14. The summed E-state index contributed by atoms with van der Waals surface area (Å²) in [5, 5.41) is 10.8. The van der Waals surface area contributed by atoms with E-state index in [0.29, 0.717) is 19.0 Å². The molecule has 0 aromatic rings. The summed E-state index contributed by atoms with van der Waals surface area (Å²) in [6.07, 6.45) is 2.14. The SMILES string of the molecule is CN(C)CC1CCN(C(=O)NC(=O)CCCC(=O)O)CC1. The average Bonchev–Trinajstić information content (AvgIpc) is 2.38. The number of nitrogens with zero attached hydrogens (tertiary/aromatic N) is 2. The molecule has 3 amide bonds. The largest absolute Gasteiger partial charge is 0.481 e. The zero-order valence-electron chi connectivity index (χ0n) is 12.8. The zero-order chi connectivity index (χ0) is 15.8. The minimum atomic E-state index is -0.933. The van der Waals surface area contributed by atoms with E-state index in [-0.39, 0.29) is 25.3 Å². The monoisotopic (exact) mass is 299 g/mol. The van der Waals surface area contributed by atoms with Gasteiger partial charge in [0.15, 0.2) is 0 Å². The first kappa shape index (κ1) is 17.4. The fourth-order valence-electron chi connectivity index (χ4n) is 2.50. The Morgan fingerprint density at radius 2 is 1.81 bits per heavy atom. The third-order valence-corrected chi connectivity index (χ3v) is 3.57. The van der Waals surface area contributed by atoms with Crippen LogP contribution in [0.4, 0.5) is 4.79 Å². The first-order valence-electron chi connectivity index (χ1n) is 7.33. The van der Waals surface area contributed by atoms with Gasteiger partial charge in [0, 0.05) is 32.5 Å². The van der Waals surface area contributed by atoms with Crippen molar-refractivity contribution < 1.29 is 19.5 Å². The van der Waals surface area contributed by atoms with Gasteiger partial charge in [-0.3, -0.25) is 14.9 Å². The van der Waals surface area contributed by atoms with Crippen LogP contribution >= 0.6 is 0 Å². The van der Waals surface area contributed by atoms with E-state index in [1.54, 1.807) is 4.90 Å². The number of carboxylic acids is 1. The highest BCUT2D eigenvalue weighted by molar-refractivity contribution is 5.94. The first-order valence-corrected chi connectivity index (χ1v) is 7.33. The van der Waals surface area contributed by atoms with Gasteiger partial charge in [-0.15, -0.1) is 0 Å². The van der Waals surface area contributed by atoms with Gasteiger partial charge in [0.2, 0.25) is 5.91 Å². The van der Waals surface area contributed by atoms with Crippen LogP contribution in [-0.2, 0) is 9.59 Å². The summed E-state index contributed by atoms with van der Waals surface area (Å²) in [7, 11) is 4.07. The summed E-state index contributed by atoms with van der Waals surface area (Å²) in [6, 6.07) is -0.362. The van der Waals surface area contributed by atoms with Gasteiger partial charge in [0.1, 0.15) is 0 Å². The van der Waals surface area contributed by atoms with Crippen molar-refractivity contribution in [1.82, 2.24) is 15.1 Å². The van der Waals surface area contributed by atoms with Crippen molar-refractivity contribution in [3.63, 3.8) is 0 Å². The maximum Gasteiger partial charge on any atom is 0.324 e. The highest BCUT2D eigenvalue weighted by Crippen LogP contribution is 2.17. The Morgan fingerprint density at radius 1 is 1.19 bits per heavy atom. The number of likely N-dealkylation sites (tertiary alicyclic amines) is 1. The Bertz CT molecular complexity index is 376. The van der Waals surface area contributed by atoms with Crippen molar-refractivity contribution >= 4 is 17.9 Å². The van der Waals surface area contributed by atoms with Crippen LogP contribution < -0.4 is 5.32 Å². The number of nitrogens with one attached hydrogen (secondary N) is 1. The molecule has 1 aliphatic rings. The Morgan fingerprint density at radius 3 is 2.33 bits per heavy atom. The lowest BCUT2D eigenvalue weighted by molar-refractivity contribution is -0.137. The summed E-state index contributed by atoms with van der Waals surface area (Å²) in [5.41, 5.74) is 0. The molecule has 1 rings (SSSR count). The molecule has 0 bridgehead atoms. The van der Waals surface area contributed by atoms with Gasteiger partial charge in [-0.25, -0.2) is 4.79 Å². The molecule has 1 heterocycles. The lowest BCUT2D eigenvalue weighted by atomic mass is 9.97. The van der Waals surface area contributed by atoms with E-state index in [1.807, 2.05) is 14.1 Å². The normalized spacial score (nSPS) is 16.0. The number of carboxylic acid groups (broad SMARTS) is 1. The number of imide groups is 1. The van der Waals surface area contributed by atoms with E-state index < -0.39 is 11.9 Å². The smallest absolute Gasteiger partial charge is 0.324 e. The second-order valence-electron chi connectivity index (χ2n) is 5.79. The molecule has 0 aliphatic carbocycles. The summed E-state index contributed by atoms with van der Waals surface area (Å²) >= 11 is 0. The predicted molar refractivity (Wildman–Crippen MR) is 77.9 cm³/mol. The first-order chi connectivity index (χ1) is 9.88. The van der Waals surface area contributed by atoms with Crippen molar-refractivity contribution in [2.75, 3.05) is 33.7 Å². The summed E-state index contributed by atoms with van der Waals surface area (Å²) in [5.74, 6) is -0.746. The van der Waals surface area contributed by atoms with Gasteiger partial charge in [0.05, 0.1) is 0 Å². The Hall–Kier alpha value is -1.63. The van der Waals surface area contributed by atoms with E-state index in [9.17, 15) is 14.4 Å². The molecule has 7 heteroatoms. The summed E-state index contributed by atoms with van der Waals surface area (Å²) in [6.45, 7) is 2.34. The predicted octanol–water partition coefficient (Wildman–Crippen LogP) is 0.751. The second-order valence-corrected chi connectivity index (χ2v) is 5.79. The molecule has 21 heavy (non-hydrogen) atoms. The van der Waals surface area contributed by atoms with Crippen molar-refractivity contribution in [2.45, 2.75) is 32.1 Å². The number of amides is 3. The molecule has 7 nitrogen and oxygen atoms in total. The van der Waals surface area contributed by atoms with Crippen molar-refractivity contribution in [3.8, 4) is 0 Å². The molecule has 0 saturated carbocycles. The van der Waals surface area contributed by atoms with Crippen molar-refractivity contribution in [1.29, 1.82) is 0 Å². The fraction of sp³-hybridized carbons (Fsp3) is 0.786. The van der Waals surface area contributed by atoms with E-state index in [2.05, 4.69) is 10.2 Å². The van der Waals surface area contributed by atoms with Crippen LogP contribution in [0.15, 0.2) is 0 Å². The van der Waals surface area contributed by atoms with Crippen molar-refractivity contribution in [2.24, 2.45) is 5.92 Å². The summed E-state index contributed by atoms with van der Waals surface area (Å²) < 4.78 is 0. The second kappa shape index (κ2) is 8.61. The number of hydrogen-bond acceptors (Lipinski definition) is 4. The maximum absolute atomic E-state index is 11.9. The number of carbonyl (C=O) groups is 3. The van der Waals surface area contributed by atoms with E-state index in [0.717, 1.165) is 19.4 Å². The molecule has 0 atom stereocenters. The van der Waals surface area contributed by atoms with E-state index in [4.69, 9.17) is 5.11 Å². The molecule has 1 saturated heterocycles. The molecule has 2 N–H and O–H groups in total. The van der Waals surface area contributed by atoms with Gasteiger partial charge in [0.25, 0.3) is 0 Å². The third kappa shape index (κ3) is 7.08. The van der Waals surface area contributed by atoms with Crippen LogP contribution in [-0.4, -0.2) is 66.5 Å². The van der Waals surface area contributed by atoms with Crippen LogP contribution in [0.3, 0.4) is 0 Å². The highest BCUT2D eigenvalue weighted by Gasteiger charge is 2.23. The molecular weight excluding hydrogens is 274 g/mol. The third-order valence-electron chi connectivity index (χ3n) is 3.57. The topological polar surface area (TPSA) is 90.0 Å². The van der Waals surface area contributed by atoms with Gasteiger partial charge in [-0.2, -0.15) is 0 Å². The van der Waals surface area contributed by atoms with Crippen molar-refractivity contribution in [3.05, 3.63) is 0 Å². The summed E-state index contributed by atoms with van der Waals surface area (Å²) in [4.78, 5) is 37.6. The number of hydrogen-bond donors (Lipinski definition) is 2. The molecular formula is C14H25N3O4. The minimum absolute atomic E-state index is 0.0580. The molecule has 0 radical (unpaired) electrons. The van der Waals surface area contributed by atoms with E-state index in [1.165, 1.54) is 0 Å². The molecule has 0 unspecified atom stereocenters. The molecule has 1 aliphatic heterocycles. The number of urea groups is 1. The highest BCUT2D eigenvalue weighted by atomic mass is 16.4. The lowest BCUT2D eigenvalue weighted by Crippen LogP contribution is -2.47. The Balaban J connectivity index is 2.24. The lowest BCUT2D eigenvalue weighted by Gasteiger charge is -2.33. The Labute approximate surface area is 125 Å². The van der Waals surface area contributed by atoms with Gasteiger partial charge < -0.3 is 14.9 Å². The number of rotatable bonds is 6. The van der Waals surface area contributed by atoms with Gasteiger partial charge in [-0.1, -0.05) is 0 Å². The standard InChI is InChI=1S/C14H25N3O4/c1-16(2)10-11-6-8-17(9-7-11)14(21)15-12(18)4-3-5-13(19)20/h11H,3-10H2,1-2H3,(H,19,20)(H,15,18,21). The molecule has 0 aromatic carbocycles. The van der Waals surface area contributed by atoms with Crippen LogP contribution in [0, 0.1) is 5.92 Å². The molecule has 0 spiro atoms. The quantitative estimate of drug-likeness (QED) is 0.755. The maximum atomic E-state index is 11.9. The van der Waals surface area contributed by atoms with Crippen LogP contribution in [0.5, 0.6) is 0 Å². The molecule has 0 aromatic heterocycles. The van der Waals surface area contributed by atoms with Crippen LogP contribution in [0.25, 0.3) is 0 Å². The zero-order valence-corrected chi connectivity index (χ0v) is 12.8. The number of piperidine rings is 1. The van der Waals surface area contributed by atoms with Gasteiger partial charge in [-0.05, 0) is 39.3 Å². The minimum Gasteiger partial charge on any atom is -0.481 e. The number of aliphatic carboxylic acids is 1. The van der Waals surface area contributed by atoms with E-state index >= 15 is 0 Å². The fourth-order valence-corrected chi connectivity index (χ4v) is 2.50. The molecule has 1 fully saturated rings. The average molecular weight is 299 g/mol.